The van der Waals surface area contributed by atoms with Crippen LogP contribution in [0.3, 0.4) is 0 Å². The summed E-state index contributed by atoms with van der Waals surface area (Å²) in [6.45, 7) is 0.280. The van der Waals surface area contributed by atoms with E-state index in [1.165, 1.54) is 0 Å². The molecule has 1 aliphatic heterocycles. The molecule has 2 fully saturated rings. The molecule has 1 aromatic carbocycles. The van der Waals surface area contributed by atoms with E-state index in [9.17, 15) is 9.59 Å². The normalized spacial score (nSPS) is 19.9. The molecular formula is C15H14ClN3O2. The molecule has 3 rings (SSSR count). The van der Waals surface area contributed by atoms with Crippen molar-refractivity contribution in [1.82, 2.24) is 10.2 Å². The first-order valence-corrected chi connectivity index (χ1v) is 7.26. The number of nitriles is 1. The molecule has 1 spiro atoms. The monoisotopic (exact) mass is 303 g/mol. The van der Waals surface area contributed by atoms with Crippen LogP contribution >= 0.6 is 11.6 Å². The summed E-state index contributed by atoms with van der Waals surface area (Å²) < 4.78 is 0. The molecule has 1 saturated heterocycles. The molecule has 0 atom stereocenters. The molecule has 1 N–H and O–H groups in total. The average molecular weight is 304 g/mol. The van der Waals surface area contributed by atoms with Gasteiger partial charge in [-0.2, -0.15) is 5.26 Å². The van der Waals surface area contributed by atoms with Gasteiger partial charge in [0, 0.05) is 11.6 Å². The van der Waals surface area contributed by atoms with Gasteiger partial charge in [0.15, 0.2) is 0 Å². The Labute approximate surface area is 127 Å². The van der Waals surface area contributed by atoms with Crippen molar-refractivity contribution >= 4 is 23.5 Å². The molecule has 1 saturated carbocycles. The van der Waals surface area contributed by atoms with Crippen LogP contribution < -0.4 is 5.32 Å². The van der Waals surface area contributed by atoms with E-state index in [2.05, 4.69) is 5.32 Å². The summed E-state index contributed by atoms with van der Waals surface area (Å²) in [5.41, 5.74) is 0.502. The molecule has 1 aliphatic carbocycles. The molecule has 5 nitrogen and oxygen atoms in total. The highest BCUT2D eigenvalue weighted by Crippen LogP contribution is 2.40. The maximum atomic E-state index is 12.1. The van der Waals surface area contributed by atoms with Crippen LogP contribution in [0.2, 0.25) is 5.02 Å². The molecule has 0 aromatic heterocycles. The molecule has 2 aliphatic rings. The third kappa shape index (κ3) is 2.16. The third-order valence-electron chi connectivity index (χ3n) is 4.35. The van der Waals surface area contributed by atoms with Crippen molar-refractivity contribution in [2.45, 2.75) is 37.8 Å². The SMILES string of the molecule is N#Cc1ccc(CN2C(=O)NC(=O)C23CCCC3)c(Cl)c1. The lowest BCUT2D eigenvalue weighted by Gasteiger charge is -2.31. The Balaban J connectivity index is 1.91. The highest BCUT2D eigenvalue weighted by molar-refractivity contribution is 6.31. The van der Waals surface area contributed by atoms with E-state index in [-0.39, 0.29) is 18.5 Å². The predicted octanol–water partition coefficient (Wildman–Crippen LogP) is 2.58. The van der Waals surface area contributed by atoms with Gasteiger partial charge in [0.05, 0.1) is 11.6 Å². The number of nitrogens with zero attached hydrogens (tertiary/aromatic N) is 2. The maximum absolute atomic E-state index is 12.1. The Morgan fingerprint density at radius 2 is 2.05 bits per heavy atom. The Kier molecular flexibility index (Phi) is 3.34. The lowest BCUT2D eigenvalue weighted by Crippen LogP contribution is -2.46. The van der Waals surface area contributed by atoms with Crippen molar-refractivity contribution in [3.05, 3.63) is 34.3 Å². The minimum Gasteiger partial charge on any atom is -0.305 e. The Hall–Kier alpha value is -2.06. The standard InChI is InChI=1S/C15H14ClN3O2/c16-12-7-10(8-17)3-4-11(12)9-19-14(21)18-13(20)15(19)5-1-2-6-15/h3-4,7H,1-2,5-6,9H2,(H,18,20,21). The minimum absolute atomic E-state index is 0.199. The van der Waals surface area contributed by atoms with E-state index in [1.54, 1.807) is 23.1 Å². The van der Waals surface area contributed by atoms with Crippen LogP contribution in [0, 0.1) is 11.3 Å². The van der Waals surface area contributed by atoms with E-state index in [1.807, 2.05) is 6.07 Å². The molecule has 21 heavy (non-hydrogen) atoms. The number of carbonyl (C=O) groups excluding carboxylic acids is 2. The fraction of sp³-hybridized carbons (Fsp3) is 0.400. The Morgan fingerprint density at radius 1 is 1.33 bits per heavy atom. The second kappa shape index (κ2) is 5.05. The second-order valence-corrected chi connectivity index (χ2v) is 5.91. The van der Waals surface area contributed by atoms with Crippen LogP contribution in [0.25, 0.3) is 0 Å². The smallest absolute Gasteiger partial charge is 0.305 e. The molecule has 0 unspecified atom stereocenters. The summed E-state index contributed by atoms with van der Waals surface area (Å²) in [5.74, 6) is -0.199. The Bertz CT molecular complexity index is 659. The molecule has 108 valence electrons. The number of benzene rings is 1. The van der Waals surface area contributed by atoms with Gasteiger partial charge >= 0.3 is 6.03 Å². The van der Waals surface area contributed by atoms with Crippen molar-refractivity contribution in [2.75, 3.05) is 0 Å². The predicted molar refractivity (Wildman–Crippen MR) is 76.4 cm³/mol. The van der Waals surface area contributed by atoms with Gasteiger partial charge < -0.3 is 4.90 Å². The first-order valence-electron chi connectivity index (χ1n) is 6.88. The Morgan fingerprint density at radius 3 is 2.67 bits per heavy atom. The summed E-state index contributed by atoms with van der Waals surface area (Å²) in [5, 5.41) is 11.7. The van der Waals surface area contributed by atoms with Crippen molar-refractivity contribution in [2.24, 2.45) is 0 Å². The topological polar surface area (TPSA) is 73.2 Å². The van der Waals surface area contributed by atoms with Gasteiger partial charge in [-0.05, 0) is 30.5 Å². The van der Waals surface area contributed by atoms with Crippen molar-refractivity contribution in [3.8, 4) is 6.07 Å². The van der Waals surface area contributed by atoms with Crippen molar-refractivity contribution in [3.63, 3.8) is 0 Å². The first kappa shape index (κ1) is 13.9. The quantitative estimate of drug-likeness (QED) is 0.853. The zero-order chi connectivity index (χ0) is 15.0. The number of rotatable bonds is 2. The van der Waals surface area contributed by atoms with Crippen LogP contribution in [0.15, 0.2) is 18.2 Å². The second-order valence-electron chi connectivity index (χ2n) is 5.50. The number of imide groups is 1. The van der Waals surface area contributed by atoms with Gasteiger partial charge in [0.1, 0.15) is 5.54 Å². The van der Waals surface area contributed by atoms with E-state index in [4.69, 9.17) is 16.9 Å². The highest BCUT2D eigenvalue weighted by atomic mass is 35.5. The minimum atomic E-state index is -0.714. The van der Waals surface area contributed by atoms with Gasteiger partial charge in [-0.15, -0.1) is 0 Å². The summed E-state index contributed by atoms with van der Waals surface area (Å²) in [6, 6.07) is 6.64. The first-order chi connectivity index (χ1) is 10.1. The van der Waals surface area contributed by atoms with E-state index in [0.717, 1.165) is 18.4 Å². The molecule has 1 aromatic rings. The number of hydrogen-bond acceptors (Lipinski definition) is 3. The number of halogens is 1. The van der Waals surface area contributed by atoms with Crippen molar-refractivity contribution in [1.29, 1.82) is 5.26 Å². The van der Waals surface area contributed by atoms with Crippen molar-refractivity contribution < 1.29 is 9.59 Å². The fourth-order valence-electron chi connectivity index (χ4n) is 3.19. The number of amides is 3. The molecular weight excluding hydrogens is 290 g/mol. The van der Waals surface area contributed by atoms with Crippen LogP contribution in [0.1, 0.15) is 36.8 Å². The van der Waals surface area contributed by atoms with Crippen LogP contribution in [0.5, 0.6) is 0 Å². The van der Waals surface area contributed by atoms with Crippen LogP contribution in [0.4, 0.5) is 4.79 Å². The highest BCUT2D eigenvalue weighted by Gasteiger charge is 2.53. The summed E-state index contributed by atoms with van der Waals surface area (Å²) in [4.78, 5) is 25.8. The van der Waals surface area contributed by atoms with E-state index >= 15 is 0 Å². The lowest BCUT2D eigenvalue weighted by molar-refractivity contribution is -0.126. The summed E-state index contributed by atoms with van der Waals surface area (Å²) in [7, 11) is 0. The molecule has 3 amide bonds. The summed E-state index contributed by atoms with van der Waals surface area (Å²) in [6.07, 6.45) is 3.27. The maximum Gasteiger partial charge on any atom is 0.325 e. The average Bonchev–Trinajstić information content (AvgIpc) is 3.03. The van der Waals surface area contributed by atoms with Crippen LogP contribution in [-0.2, 0) is 11.3 Å². The molecule has 0 bridgehead atoms. The number of urea groups is 1. The van der Waals surface area contributed by atoms with E-state index in [0.29, 0.717) is 23.4 Å². The zero-order valence-electron chi connectivity index (χ0n) is 11.4. The number of nitrogens with one attached hydrogen (secondary N) is 1. The zero-order valence-corrected chi connectivity index (χ0v) is 12.1. The van der Waals surface area contributed by atoms with Gasteiger partial charge in [0.2, 0.25) is 0 Å². The largest absolute Gasteiger partial charge is 0.325 e. The number of carbonyl (C=O) groups is 2. The lowest BCUT2D eigenvalue weighted by atomic mass is 9.95. The van der Waals surface area contributed by atoms with Gasteiger partial charge in [0.25, 0.3) is 5.91 Å². The van der Waals surface area contributed by atoms with Gasteiger partial charge in [-0.25, -0.2) is 4.79 Å². The molecule has 6 heteroatoms. The summed E-state index contributed by atoms with van der Waals surface area (Å²) >= 11 is 6.17. The fourth-order valence-corrected chi connectivity index (χ4v) is 3.43. The molecule has 1 heterocycles. The third-order valence-corrected chi connectivity index (χ3v) is 4.70. The van der Waals surface area contributed by atoms with Gasteiger partial charge in [-0.1, -0.05) is 30.5 Å². The van der Waals surface area contributed by atoms with Gasteiger partial charge in [-0.3, -0.25) is 10.1 Å². The molecule has 0 radical (unpaired) electrons. The number of hydrogen-bond donors (Lipinski definition) is 1. The van der Waals surface area contributed by atoms with Crippen LogP contribution in [-0.4, -0.2) is 22.4 Å². The van der Waals surface area contributed by atoms with E-state index < -0.39 is 5.54 Å².